The van der Waals surface area contributed by atoms with E-state index in [1.54, 1.807) is 25.6 Å². The zero-order valence-corrected chi connectivity index (χ0v) is 32.7. The van der Waals surface area contributed by atoms with Gasteiger partial charge in [0.1, 0.15) is 31.9 Å². The van der Waals surface area contributed by atoms with Crippen LogP contribution >= 0.6 is 11.8 Å². The van der Waals surface area contributed by atoms with Crippen LogP contribution in [0.4, 0.5) is 26.4 Å². The summed E-state index contributed by atoms with van der Waals surface area (Å²) >= 11 is 1.65. The Kier molecular flexibility index (Phi) is 14.7. The van der Waals surface area contributed by atoms with Gasteiger partial charge < -0.3 is 34.1 Å². The molecule has 0 radical (unpaired) electrons. The number of allylic oxidation sites excluding steroid dienone is 1. The summed E-state index contributed by atoms with van der Waals surface area (Å²) in [4.78, 5) is 58.7. The number of fused-ring (bicyclic) bond motifs is 3. The molecule has 3 aliphatic heterocycles. The number of benzene rings is 1. The van der Waals surface area contributed by atoms with Gasteiger partial charge in [0.15, 0.2) is 17.7 Å². The summed E-state index contributed by atoms with van der Waals surface area (Å²) < 4.78 is 33.2. The fourth-order valence-electron chi connectivity index (χ4n) is 7.08. The molecule has 0 N–H and O–H groups in total. The Morgan fingerprint density at radius 2 is 1.70 bits per heavy atom. The maximum Gasteiger partial charge on any atom is 0.510 e. The number of nitrogens with zero attached hydrogens (tertiary/aromatic N) is 6. The number of hydrogen-bond acceptors (Lipinski definition) is 13. The van der Waals surface area contributed by atoms with E-state index < -0.39 is 23.2 Å². The highest BCUT2D eigenvalue weighted by atomic mass is 32.2. The first kappa shape index (κ1) is 41.0. The van der Waals surface area contributed by atoms with E-state index in [-0.39, 0.29) is 49.1 Å². The molecule has 296 valence electrons. The van der Waals surface area contributed by atoms with Crippen molar-refractivity contribution >= 4 is 46.9 Å². The Morgan fingerprint density at radius 1 is 1.02 bits per heavy atom. The molecule has 2 unspecified atom stereocenters. The number of carbonyl (C=O) groups is 3. The van der Waals surface area contributed by atoms with Crippen LogP contribution in [0.1, 0.15) is 96.4 Å². The van der Waals surface area contributed by atoms with E-state index in [9.17, 15) is 24.5 Å². The third kappa shape index (κ3) is 10.5. The van der Waals surface area contributed by atoms with Gasteiger partial charge in [-0.1, -0.05) is 70.1 Å². The van der Waals surface area contributed by atoms with Crippen LogP contribution in [0, 0.1) is 22.9 Å². The van der Waals surface area contributed by atoms with Gasteiger partial charge in [0.2, 0.25) is 0 Å². The minimum atomic E-state index is -1.06. The zero-order chi connectivity index (χ0) is 38.8. The number of hydrogen-bond donors (Lipinski definition) is 0. The SMILES string of the molecule is CCCCCCCCCCCC(=O)OCC(Cn1c([N+](=O)[O-])cnc1C)OC(=O)OCN1CCN(c2cc3c(cc2F)CC(C(C)=O)=C2SC(C)N23)CC1. The standard InChI is InChI=1S/C38H53FN6O8S/c1-5-6-7-8-9-10-11-12-13-14-36(47)51-24-30(23-43-27(3)40-22-35(43)45(49)50)53-38(48)52-25-41-15-17-42(18-16-41)34-21-33-29(20-32(34)39)19-31(26(2)46)37-44(33)28(4)54-37/h20-22,28,30H,5-19,23-25H2,1-4H3. The van der Waals surface area contributed by atoms with Crippen LogP contribution in [0.5, 0.6) is 0 Å². The van der Waals surface area contributed by atoms with Crippen LogP contribution in [0.15, 0.2) is 28.9 Å². The number of rotatable bonds is 20. The van der Waals surface area contributed by atoms with Gasteiger partial charge in [0.05, 0.1) is 16.1 Å². The highest BCUT2D eigenvalue weighted by Gasteiger charge is 2.40. The predicted octanol–water partition coefficient (Wildman–Crippen LogP) is 7.26. The van der Waals surface area contributed by atoms with Crippen LogP contribution < -0.4 is 9.80 Å². The highest BCUT2D eigenvalue weighted by molar-refractivity contribution is 8.05. The summed E-state index contributed by atoms with van der Waals surface area (Å²) in [7, 11) is 0. The molecular weight excluding hydrogens is 720 g/mol. The van der Waals surface area contributed by atoms with E-state index in [0.29, 0.717) is 50.5 Å². The Balaban J connectivity index is 1.10. The average molecular weight is 773 g/mol. The van der Waals surface area contributed by atoms with Crippen molar-refractivity contribution in [1.82, 2.24) is 14.5 Å². The molecule has 4 heterocycles. The highest BCUT2D eigenvalue weighted by Crippen LogP contribution is 2.52. The summed E-state index contributed by atoms with van der Waals surface area (Å²) in [6.07, 6.45) is 9.70. The molecule has 2 fully saturated rings. The lowest BCUT2D eigenvalue weighted by Crippen LogP contribution is -2.48. The number of nitro groups is 1. The number of unbranched alkanes of at least 4 members (excludes halogenated alkanes) is 8. The lowest BCUT2D eigenvalue weighted by atomic mass is 9.96. The Morgan fingerprint density at radius 3 is 2.35 bits per heavy atom. The van der Waals surface area contributed by atoms with Gasteiger partial charge >= 0.3 is 17.9 Å². The van der Waals surface area contributed by atoms with E-state index in [1.165, 1.54) is 42.7 Å². The fraction of sp³-hybridized carbons (Fsp3) is 0.632. The number of ether oxygens (including phenoxy) is 3. The van der Waals surface area contributed by atoms with Crippen molar-refractivity contribution in [2.75, 3.05) is 49.3 Å². The second-order valence-corrected chi connectivity index (χ2v) is 15.5. The van der Waals surface area contributed by atoms with Crippen LogP contribution in [-0.4, -0.2) is 88.3 Å². The second-order valence-electron chi connectivity index (χ2n) is 14.2. The molecule has 0 spiro atoms. The van der Waals surface area contributed by atoms with Gasteiger partial charge in [-0.15, -0.1) is 0 Å². The molecule has 5 rings (SSSR count). The maximum atomic E-state index is 15.5. The molecule has 54 heavy (non-hydrogen) atoms. The number of piperazine rings is 1. The first-order valence-electron chi connectivity index (χ1n) is 19.1. The van der Waals surface area contributed by atoms with Crippen molar-refractivity contribution in [1.29, 1.82) is 0 Å². The predicted molar refractivity (Wildman–Crippen MR) is 204 cm³/mol. The minimum Gasteiger partial charge on any atom is -0.462 e. The van der Waals surface area contributed by atoms with Crippen molar-refractivity contribution in [2.45, 2.75) is 116 Å². The third-order valence-electron chi connectivity index (χ3n) is 10.2. The van der Waals surface area contributed by atoms with Gasteiger partial charge in [-0.25, -0.2) is 18.7 Å². The topological polar surface area (TPSA) is 150 Å². The van der Waals surface area contributed by atoms with E-state index >= 15 is 4.39 Å². The number of Topliss-reactive ketones (excluding diaryl/α,β-unsaturated/α-hetero) is 1. The summed E-state index contributed by atoms with van der Waals surface area (Å²) in [6, 6.07) is 3.41. The molecule has 14 nitrogen and oxygen atoms in total. The molecule has 0 saturated carbocycles. The molecule has 1 aromatic carbocycles. The number of aromatic nitrogens is 2. The Labute approximate surface area is 320 Å². The second kappa shape index (κ2) is 19.4. The van der Waals surface area contributed by atoms with Crippen LogP contribution in [-0.2, 0) is 36.8 Å². The number of anilines is 2. The first-order valence-corrected chi connectivity index (χ1v) is 20.0. The number of esters is 1. The normalized spacial score (nSPS) is 17.4. The smallest absolute Gasteiger partial charge is 0.462 e. The number of carbonyl (C=O) groups excluding carboxylic acids is 3. The largest absolute Gasteiger partial charge is 0.510 e. The number of halogens is 1. The molecule has 2 saturated heterocycles. The number of imidazole rings is 1. The summed E-state index contributed by atoms with van der Waals surface area (Å²) in [5.41, 5.74) is 2.93. The Hall–Kier alpha value is -4.18. The minimum absolute atomic E-state index is 0.00238. The van der Waals surface area contributed by atoms with Crippen LogP contribution in [0.2, 0.25) is 0 Å². The van der Waals surface area contributed by atoms with Crippen LogP contribution in [0.25, 0.3) is 0 Å². The molecule has 2 aromatic rings. The van der Waals surface area contributed by atoms with E-state index in [4.69, 9.17) is 14.2 Å². The van der Waals surface area contributed by atoms with Crippen LogP contribution in [0.3, 0.4) is 0 Å². The molecular formula is C38H53FN6O8S. The van der Waals surface area contributed by atoms with Crippen molar-refractivity contribution in [3.05, 3.63) is 56.3 Å². The molecule has 16 heteroatoms. The zero-order valence-electron chi connectivity index (χ0n) is 31.9. The summed E-state index contributed by atoms with van der Waals surface area (Å²) in [6.45, 7) is 8.81. The van der Waals surface area contributed by atoms with Gasteiger partial charge in [0, 0.05) is 57.2 Å². The van der Waals surface area contributed by atoms with Crippen molar-refractivity contribution in [2.24, 2.45) is 0 Å². The van der Waals surface area contributed by atoms with Crippen molar-refractivity contribution < 1.29 is 37.9 Å². The quantitative estimate of drug-likeness (QED) is 0.0576. The maximum absolute atomic E-state index is 15.5. The third-order valence-corrected chi connectivity index (χ3v) is 11.4. The Bertz CT molecular complexity index is 1690. The molecule has 2 atom stereocenters. The lowest BCUT2D eigenvalue weighted by Gasteiger charge is -2.47. The van der Waals surface area contributed by atoms with E-state index in [2.05, 4.69) is 23.7 Å². The lowest BCUT2D eigenvalue weighted by molar-refractivity contribution is -0.392. The number of ketones is 1. The fourth-order valence-corrected chi connectivity index (χ4v) is 8.29. The van der Waals surface area contributed by atoms with Gasteiger partial charge in [-0.3, -0.25) is 14.5 Å². The number of aryl methyl sites for hydroxylation is 1. The average Bonchev–Trinajstić information content (AvgIpc) is 3.50. The van der Waals surface area contributed by atoms with Gasteiger partial charge in [-0.2, -0.15) is 0 Å². The molecule has 0 aliphatic carbocycles. The molecule has 3 aliphatic rings. The first-order chi connectivity index (χ1) is 26.0. The van der Waals surface area contributed by atoms with Crippen molar-refractivity contribution in [3.8, 4) is 0 Å². The number of thioether (sulfide) groups is 1. The van der Waals surface area contributed by atoms with Gasteiger partial charge in [-0.05, 0) is 42.9 Å². The van der Waals surface area contributed by atoms with E-state index in [0.717, 1.165) is 47.3 Å². The van der Waals surface area contributed by atoms with Crippen molar-refractivity contribution in [3.63, 3.8) is 0 Å². The molecule has 0 amide bonds. The van der Waals surface area contributed by atoms with E-state index in [1.807, 2.05) is 15.9 Å². The molecule has 0 bridgehead atoms. The monoisotopic (exact) mass is 772 g/mol. The molecule has 1 aromatic heterocycles. The summed E-state index contributed by atoms with van der Waals surface area (Å²) in [5, 5.41) is 12.7. The summed E-state index contributed by atoms with van der Waals surface area (Å²) in [5.74, 6) is -0.709. The van der Waals surface area contributed by atoms with Gasteiger partial charge in [0.25, 0.3) is 0 Å².